The van der Waals surface area contributed by atoms with Crippen LogP contribution in [0.4, 0.5) is 5.69 Å². The van der Waals surface area contributed by atoms with Crippen LogP contribution < -0.4 is 15.4 Å². The predicted octanol–water partition coefficient (Wildman–Crippen LogP) is 2.80. The average molecular weight is 501 g/mol. The Balaban J connectivity index is 1.32. The number of carbonyl (C=O) groups excluding carboxylic acids is 3. The minimum atomic E-state index is -0.309. The summed E-state index contributed by atoms with van der Waals surface area (Å²) in [6.45, 7) is 6.04. The number of hydrogen-bond acceptors (Lipinski definition) is 6. The van der Waals surface area contributed by atoms with E-state index in [4.69, 9.17) is 9.47 Å². The number of likely N-dealkylation sites (tertiary alicyclic amines) is 1. The van der Waals surface area contributed by atoms with Gasteiger partial charge in [-0.05, 0) is 63.4 Å². The van der Waals surface area contributed by atoms with E-state index >= 15 is 0 Å². The fourth-order valence-corrected chi connectivity index (χ4v) is 5.37. The van der Waals surface area contributed by atoms with Crippen LogP contribution in [0.15, 0.2) is 18.2 Å². The molecule has 3 aliphatic rings. The summed E-state index contributed by atoms with van der Waals surface area (Å²) < 4.78 is 12.3. The van der Waals surface area contributed by atoms with Crippen LogP contribution in [0.2, 0.25) is 0 Å². The number of likely N-dealkylation sites (N-methyl/N-ethyl adjacent to an activating group) is 1. The molecular formula is C27H40N4O5. The first-order valence-corrected chi connectivity index (χ1v) is 13.4. The summed E-state index contributed by atoms with van der Waals surface area (Å²) in [5.41, 5.74) is 1.02. The van der Waals surface area contributed by atoms with Crippen LogP contribution in [0.25, 0.3) is 0 Å². The smallest absolute Gasteiger partial charge is 0.257 e. The molecule has 2 fully saturated rings. The van der Waals surface area contributed by atoms with Crippen molar-refractivity contribution in [3.63, 3.8) is 0 Å². The Hall–Kier alpha value is -2.65. The van der Waals surface area contributed by atoms with E-state index in [9.17, 15) is 14.4 Å². The van der Waals surface area contributed by atoms with Gasteiger partial charge in [-0.3, -0.25) is 14.4 Å². The molecule has 4 rings (SSSR count). The van der Waals surface area contributed by atoms with Gasteiger partial charge in [0.2, 0.25) is 11.8 Å². The molecule has 0 unspecified atom stereocenters. The molecule has 1 aromatic rings. The van der Waals surface area contributed by atoms with Gasteiger partial charge in [-0.15, -0.1) is 0 Å². The van der Waals surface area contributed by atoms with Crippen LogP contribution >= 0.6 is 0 Å². The molecule has 0 spiro atoms. The normalized spacial score (nSPS) is 24.6. The maximum absolute atomic E-state index is 13.3. The third-order valence-electron chi connectivity index (χ3n) is 7.38. The van der Waals surface area contributed by atoms with Crippen molar-refractivity contribution < 1.29 is 23.9 Å². The van der Waals surface area contributed by atoms with E-state index < -0.39 is 0 Å². The van der Waals surface area contributed by atoms with E-state index in [1.807, 2.05) is 6.92 Å². The molecule has 2 saturated heterocycles. The standard InChI is InChI=1S/C27H40N4O5/c1-3-7-25(32)29-19-8-11-23-21(16-19)27(34)30(2)22-10-9-20(36-24(22)18-35-23)17-26(33)28-12-15-31-13-5-4-6-14-31/h8,11,16,20,22,24H,3-7,9-10,12-15,17-18H2,1-2H3,(H,28,33)(H,29,32)/t20-,22-,24+/m1/s1. The van der Waals surface area contributed by atoms with Crippen molar-refractivity contribution in [3.8, 4) is 5.75 Å². The Morgan fingerprint density at radius 3 is 2.69 bits per heavy atom. The van der Waals surface area contributed by atoms with Gasteiger partial charge in [0.1, 0.15) is 18.5 Å². The van der Waals surface area contributed by atoms with Crippen molar-refractivity contribution in [3.05, 3.63) is 23.8 Å². The van der Waals surface area contributed by atoms with Gasteiger partial charge in [0.25, 0.3) is 5.91 Å². The lowest BCUT2D eigenvalue weighted by Crippen LogP contribution is -2.54. The van der Waals surface area contributed by atoms with Crippen molar-refractivity contribution in [2.24, 2.45) is 0 Å². The number of fused-ring (bicyclic) bond motifs is 2. The van der Waals surface area contributed by atoms with E-state index in [-0.39, 0.29) is 36.0 Å². The number of benzene rings is 1. The second-order valence-corrected chi connectivity index (χ2v) is 10.1. The maximum Gasteiger partial charge on any atom is 0.257 e. The fraction of sp³-hybridized carbons (Fsp3) is 0.667. The van der Waals surface area contributed by atoms with Crippen LogP contribution in [-0.2, 0) is 14.3 Å². The van der Waals surface area contributed by atoms with Crippen LogP contribution in [-0.4, -0.2) is 85.6 Å². The molecule has 0 radical (unpaired) electrons. The van der Waals surface area contributed by atoms with Crippen LogP contribution in [0.3, 0.4) is 0 Å². The van der Waals surface area contributed by atoms with Crippen LogP contribution in [0, 0.1) is 0 Å². The Labute approximate surface area is 213 Å². The lowest BCUT2D eigenvalue weighted by atomic mass is 9.94. The number of carbonyl (C=O) groups is 3. The van der Waals surface area contributed by atoms with E-state index in [0.717, 1.165) is 32.5 Å². The van der Waals surface area contributed by atoms with Gasteiger partial charge >= 0.3 is 0 Å². The molecule has 2 N–H and O–H groups in total. The molecule has 3 aliphatic heterocycles. The number of hydrogen-bond donors (Lipinski definition) is 2. The highest BCUT2D eigenvalue weighted by Crippen LogP contribution is 2.32. The number of ether oxygens (including phenoxy) is 2. The monoisotopic (exact) mass is 500 g/mol. The molecule has 3 atom stereocenters. The van der Waals surface area contributed by atoms with E-state index in [0.29, 0.717) is 49.4 Å². The summed E-state index contributed by atoms with van der Waals surface area (Å²) in [7, 11) is 1.79. The Morgan fingerprint density at radius 1 is 1.11 bits per heavy atom. The van der Waals surface area contributed by atoms with Crippen molar-refractivity contribution in [1.82, 2.24) is 15.1 Å². The van der Waals surface area contributed by atoms with E-state index in [2.05, 4.69) is 15.5 Å². The molecule has 1 aromatic carbocycles. The molecule has 9 nitrogen and oxygen atoms in total. The zero-order valence-corrected chi connectivity index (χ0v) is 21.6. The minimum Gasteiger partial charge on any atom is -0.490 e. The first-order chi connectivity index (χ1) is 17.4. The quantitative estimate of drug-likeness (QED) is 0.569. The molecule has 9 heteroatoms. The topological polar surface area (TPSA) is 100 Å². The number of anilines is 1. The van der Waals surface area contributed by atoms with Crippen molar-refractivity contribution in [2.75, 3.05) is 45.2 Å². The first-order valence-electron chi connectivity index (χ1n) is 13.4. The second-order valence-electron chi connectivity index (χ2n) is 10.1. The molecule has 3 heterocycles. The molecule has 0 bridgehead atoms. The summed E-state index contributed by atoms with van der Waals surface area (Å²) in [5.74, 6) is 0.241. The van der Waals surface area contributed by atoms with Crippen molar-refractivity contribution >= 4 is 23.4 Å². The Morgan fingerprint density at radius 2 is 1.92 bits per heavy atom. The molecule has 36 heavy (non-hydrogen) atoms. The molecule has 0 aromatic heterocycles. The Kier molecular flexibility index (Phi) is 9.20. The fourth-order valence-electron chi connectivity index (χ4n) is 5.37. The van der Waals surface area contributed by atoms with E-state index in [1.54, 1.807) is 30.1 Å². The molecule has 0 saturated carbocycles. The van der Waals surface area contributed by atoms with Crippen LogP contribution in [0.1, 0.15) is 68.6 Å². The lowest BCUT2D eigenvalue weighted by molar-refractivity contribution is -0.134. The van der Waals surface area contributed by atoms with Gasteiger partial charge in [-0.25, -0.2) is 0 Å². The van der Waals surface area contributed by atoms with Gasteiger partial charge in [0.15, 0.2) is 0 Å². The highest BCUT2D eigenvalue weighted by atomic mass is 16.5. The van der Waals surface area contributed by atoms with E-state index in [1.165, 1.54) is 19.3 Å². The van der Waals surface area contributed by atoms with Crippen LogP contribution in [0.5, 0.6) is 5.75 Å². The number of nitrogens with one attached hydrogen (secondary N) is 2. The Bertz CT molecular complexity index is 933. The van der Waals surface area contributed by atoms with Gasteiger partial charge in [0.05, 0.1) is 24.1 Å². The highest BCUT2D eigenvalue weighted by Gasteiger charge is 2.39. The number of amides is 3. The van der Waals surface area contributed by atoms with Crippen molar-refractivity contribution in [2.45, 2.75) is 76.5 Å². The SMILES string of the molecule is CCCC(=O)Nc1ccc2c(c1)C(=O)N(C)[C@@H]1CC[C@H](CC(=O)NCCN3CCCCC3)O[C@H]1CO2. The van der Waals surface area contributed by atoms with Gasteiger partial charge in [-0.2, -0.15) is 0 Å². The molecule has 198 valence electrons. The summed E-state index contributed by atoms with van der Waals surface area (Å²) in [5, 5.41) is 5.89. The molecule has 3 amide bonds. The second kappa shape index (κ2) is 12.5. The van der Waals surface area contributed by atoms with Crippen molar-refractivity contribution in [1.29, 1.82) is 0 Å². The average Bonchev–Trinajstić information content (AvgIpc) is 2.87. The summed E-state index contributed by atoms with van der Waals surface area (Å²) in [6, 6.07) is 5.02. The molecular weight excluding hydrogens is 460 g/mol. The predicted molar refractivity (Wildman–Crippen MR) is 137 cm³/mol. The molecule has 0 aliphatic carbocycles. The van der Waals surface area contributed by atoms with Gasteiger partial charge in [0, 0.05) is 32.2 Å². The number of piperidine rings is 1. The first kappa shape index (κ1) is 26.4. The minimum absolute atomic E-state index is 0.00893. The summed E-state index contributed by atoms with van der Waals surface area (Å²) in [6.07, 6.45) is 6.24. The summed E-state index contributed by atoms with van der Waals surface area (Å²) in [4.78, 5) is 42.0. The number of rotatable bonds is 8. The highest BCUT2D eigenvalue weighted by molar-refractivity contribution is 5.99. The number of nitrogens with zero attached hydrogens (tertiary/aromatic N) is 2. The maximum atomic E-state index is 13.3. The van der Waals surface area contributed by atoms with Gasteiger partial charge < -0.3 is 29.9 Å². The largest absolute Gasteiger partial charge is 0.490 e. The third kappa shape index (κ3) is 6.76. The van der Waals surface area contributed by atoms with Gasteiger partial charge in [-0.1, -0.05) is 13.3 Å². The lowest BCUT2D eigenvalue weighted by Gasteiger charge is -2.42. The zero-order chi connectivity index (χ0) is 25.5. The third-order valence-corrected chi connectivity index (χ3v) is 7.38. The summed E-state index contributed by atoms with van der Waals surface area (Å²) >= 11 is 0. The zero-order valence-electron chi connectivity index (χ0n) is 21.6.